The quantitative estimate of drug-likeness (QED) is 0.831. The molecule has 0 heterocycles. The van der Waals surface area contributed by atoms with Crippen molar-refractivity contribution in [1.29, 1.82) is 5.26 Å². The number of nitrogens with one attached hydrogen (secondary N) is 1. The molecule has 0 aromatic heterocycles. The molecular weight excluding hydrogens is 287 g/mol. The minimum Gasteiger partial charge on any atom is -0.320 e. The maximum Gasteiger partial charge on any atom is 0.123 e. The van der Waals surface area contributed by atoms with Gasteiger partial charge in [-0.1, -0.05) is 24.3 Å². The second-order valence-electron chi connectivity index (χ2n) is 6.69. The summed E-state index contributed by atoms with van der Waals surface area (Å²) in [6, 6.07) is 9.31. The van der Waals surface area contributed by atoms with Gasteiger partial charge in [0.2, 0.25) is 0 Å². The van der Waals surface area contributed by atoms with Crippen LogP contribution in [0.3, 0.4) is 0 Å². The van der Waals surface area contributed by atoms with E-state index in [0.29, 0.717) is 11.8 Å². The first kappa shape index (κ1) is 16.0. The first-order valence-electron chi connectivity index (χ1n) is 8.40. The van der Waals surface area contributed by atoms with Gasteiger partial charge < -0.3 is 5.32 Å². The smallest absolute Gasteiger partial charge is 0.123 e. The van der Waals surface area contributed by atoms with Gasteiger partial charge in [-0.15, -0.1) is 0 Å². The van der Waals surface area contributed by atoms with Gasteiger partial charge in [-0.25, -0.2) is 4.39 Å². The van der Waals surface area contributed by atoms with Crippen LogP contribution in [0.4, 0.5) is 4.39 Å². The molecule has 0 radical (unpaired) electrons. The molecule has 23 heavy (non-hydrogen) atoms. The summed E-state index contributed by atoms with van der Waals surface area (Å²) < 4.78 is 13.4. The van der Waals surface area contributed by atoms with Gasteiger partial charge in [0.1, 0.15) is 5.82 Å². The zero-order valence-electron chi connectivity index (χ0n) is 13.6. The highest BCUT2D eigenvalue weighted by Crippen LogP contribution is 2.54. The summed E-state index contributed by atoms with van der Waals surface area (Å²) in [6.45, 7) is 0.989. The minimum absolute atomic E-state index is 0.0587. The maximum absolute atomic E-state index is 13.4. The van der Waals surface area contributed by atoms with Crippen LogP contribution in [0.2, 0.25) is 0 Å². The molecule has 2 nitrogen and oxygen atoms in total. The zero-order valence-corrected chi connectivity index (χ0v) is 13.6. The third-order valence-corrected chi connectivity index (χ3v) is 5.50. The summed E-state index contributed by atoms with van der Waals surface area (Å²) in [7, 11) is 1.98. The molecule has 120 valence electrons. The van der Waals surface area contributed by atoms with E-state index in [1.807, 2.05) is 25.3 Å². The van der Waals surface area contributed by atoms with Crippen molar-refractivity contribution < 1.29 is 4.39 Å². The average molecular weight is 310 g/mol. The third kappa shape index (κ3) is 2.96. The van der Waals surface area contributed by atoms with Gasteiger partial charge in [-0.2, -0.15) is 5.26 Å². The highest BCUT2D eigenvalue weighted by Gasteiger charge is 2.47. The van der Waals surface area contributed by atoms with Crippen LogP contribution in [0.1, 0.15) is 31.2 Å². The highest BCUT2D eigenvalue weighted by molar-refractivity contribution is 5.41. The lowest BCUT2D eigenvalue weighted by Gasteiger charge is -2.37. The summed E-state index contributed by atoms with van der Waals surface area (Å²) in [6.07, 6.45) is 10.7. The first-order valence-corrected chi connectivity index (χ1v) is 8.40. The highest BCUT2D eigenvalue weighted by atomic mass is 19.1. The summed E-state index contributed by atoms with van der Waals surface area (Å²) >= 11 is 0. The molecule has 0 amide bonds. The fourth-order valence-corrected chi connectivity index (χ4v) is 4.40. The molecule has 1 N–H and O–H groups in total. The lowest BCUT2D eigenvalue weighted by Crippen LogP contribution is -2.33. The lowest BCUT2D eigenvalue weighted by molar-refractivity contribution is 0.309. The van der Waals surface area contributed by atoms with Gasteiger partial charge in [-0.05, 0) is 74.9 Å². The second kappa shape index (κ2) is 6.68. The van der Waals surface area contributed by atoms with Crippen molar-refractivity contribution in [2.75, 3.05) is 13.6 Å². The molecule has 3 rings (SSSR count). The minimum atomic E-state index is -0.181. The molecule has 2 aliphatic carbocycles. The van der Waals surface area contributed by atoms with E-state index in [4.69, 9.17) is 5.26 Å². The Bertz CT molecular complexity index is 653. The molecule has 0 bridgehead atoms. The predicted molar refractivity (Wildman–Crippen MR) is 90.3 cm³/mol. The van der Waals surface area contributed by atoms with Crippen molar-refractivity contribution in [3.63, 3.8) is 0 Å². The van der Waals surface area contributed by atoms with E-state index in [2.05, 4.69) is 23.5 Å². The first-order chi connectivity index (χ1) is 11.2. The maximum atomic E-state index is 13.4. The van der Waals surface area contributed by atoms with Crippen molar-refractivity contribution >= 4 is 0 Å². The van der Waals surface area contributed by atoms with Gasteiger partial charge in [0.15, 0.2) is 0 Å². The van der Waals surface area contributed by atoms with Crippen LogP contribution in [0.25, 0.3) is 0 Å². The zero-order chi connectivity index (χ0) is 16.3. The molecule has 3 unspecified atom stereocenters. The van der Waals surface area contributed by atoms with Crippen molar-refractivity contribution in [2.45, 2.75) is 31.1 Å². The van der Waals surface area contributed by atoms with E-state index in [1.165, 1.54) is 5.56 Å². The van der Waals surface area contributed by atoms with Crippen molar-refractivity contribution in [2.24, 2.45) is 11.8 Å². The molecule has 0 spiro atoms. The van der Waals surface area contributed by atoms with Crippen molar-refractivity contribution in [3.05, 3.63) is 59.4 Å². The number of fused-ring (bicyclic) bond motifs is 1. The topological polar surface area (TPSA) is 35.8 Å². The molecular formula is C20H23FN2. The Morgan fingerprint density at radius 3 is 2.83 bits per heavy atom. The Morgan fingerprint density at radius 2 is 2.13 bits per heavy atom. The predicted octanol–water partition coefficient (Wildman–Crippen LogP) is 4.11. The summed E-state index contributed by atoms with van der Waals surface area (Å²) in [5.74, 6) is 0.649. The van der Waals surface area contributed by atoms with Gasteiger partial charge in [0.25, 0.3) is 0 Å². The largest absolute Gasteiger partial charge is 0.320 e. The fourth-order valence-electron chi connectivity index (χ4n) is 4.40. The van der Waals surface area contributed by atoms with Crippen molar-refractivity contribution in [1.82, 2.24) is 5.32 Å². The van der Waals surface area contributed by atoms with Crippen LogP contribution in [0.5, 0.6) is 0 Å². The summed E-state index contributed by atoms with van der Waals surface area (Å²) in [5.41, 5.74) is 2.07. The Balaban J connectivity index is 1.94. The standard InChI is InChI=1S/C20H23FN2/c1-23-12-2-10-20(17-4-6-18(21)7-5-17)11-9-16-13-15(14-22)3-8-19(16)20/h3-8,13,16,19,23H,2,9-12H2,1H3. The van der Waals surface area contributed by atoms with Crippen LogP contribution >= 0.6 is 0 Å². The number of hydrogen-bond acceptors (Lipinski definition) is 2. The van der Waals surface area contributed by atoms with Crippen LogP contribution in [-0.4, -0.2) is 13.6 Å². The Morgan fingerprint density at radius 1 is 1.35 bits per heavy atom. The molecule has 3 atom stereocenters. The molecule has 0 aliphatic heterocycles. The number of hydrogen-bond donors (Lipinski definition) is 1. The Kier molecular flexibility index (Phi) is 4.63. The van der Waals surface area contributed by atoms with E-state index >= 15 is 0 Å². The normalized spacial score (nSPS) is 29.0. The van der Waals surface area contributed by atoms with Gasteiger partial charge in [-0.3, -0.25) is 0 Å². The lowest BCUT2D eigenvalue weighted by atomic mass is 9.66. The number of allylic oxidation sites excluding steroid dienone is 4. The molecule has 3 heteroatoms. The van der Waals surface area contributed by atoms with Crippen LogP contribution < -0.4 is 5.32 Å². The molecule has 0 saturated heterocycles. The van der Waals surface area contributed by atoms with Gasteiger partial charge in [0.05, 0.1) is 6.07 Å². The molecule has 1 fully saturated rings. The summed E-state index contributed by atoms with van der Waals surface area (Å²) in [5, 5.41) is 12.4. The van der Waals surface area contributed by atoms with E-state index in [-0.39, 0.29) is 11.2 Å². The SMILES string of the molecule is CNCCCC1(c2ccc(F)cc2)CCC2C=C(C#N)C=CC21. The number of nitrogens with zero attached hydrogens (tertiary/aromatic N) is 1. The Labute approximate surface area is 137 Å². The van der Waals surface area contributed by atoms with E-state index in [1.54, 1.807) is 12.1 Å². The average Bonchev–Trinajstić information content (AvgIpc) is 2.95. The number of nitriles is 1. The molecule has 1 aromatic rings. The molecule has 2 aliphatic rings. The van der Waals surface area contributed by atoms with Crippen molar-refractivity contribution in [3.8, 4) is 6.07 Å². The van der Waals surface area contributed by atoms with E-state index < -0.39 is 0 Å². The third-order valence-electron chi connectivity index (χ3n) is 5.50. The molecule has 1 aromatic carbocycles. The van der Waals surface area contributed by atoms with Crippen LogP contribution in [-0.2, 0) is 5.41 Å². The number of benzene rings is 1. The molecule has 1 saturated carbocycles. The van der Waals surface area contributed by atoms with Crippen LogP contribution in [0, 0.1) is 29.0 Å². The monoisotopic (exact) mass is 310 g/mol. The van der Waals surface area contributed by atoms with E-state index in [0.717, 1.165) is 37.8 Å². The second-order valence-corrected chi connectivity index (χ2v) is 6.69. The van der Waals surface area contributed by atoms with Gasteiger partial charge in [0, 0.05) is 11.0 Å². The Hall–Kier alpha value is -1.92. The number of halogens is 1. The number of rotatable bonds is 5. The van der Waals surface area contributed by atoms with E-state index in [9.17, 15) is 4.39 Å². The fraction of sp³-hybridized carbons (Fsp3) is 0.450. The summed E-state index contributed by atoms with van der Waals surface area (Å²) in [4.78, 5) is 0. The van der Waals surface area contributed by atoms with Gasteiger partial charge >= 0.3 is 0 Å². The van der Waals surface area contributed by atoms with Crippen LogP contribution in [0.15, 0.2) is 48.1 Å².